The normalized spacial score (nSPS) is 11.1. The fourth-order valence-corrected chi connectivity index (χ4v) is 2.27. The monoisotopic (exact) mass is 307 g/mol. The molecule has 0 aliphatic rings. The van der Waals surface area contributed by atoms with E-state index in [2.05, 4.69) is 5.32 Å². The molecule has 0 atom stereocenters. The number of hydrogen-bond donors (Lipinski definition) is 2. The van der Waals surface area contributed by atoms with E-state index in [1.165, 1.54) is 12.1 Å². The zero-order valence-electron chi connectivity index (χ0n) is 11.1. The molecular formula is C13H13N3O4S. The van der Waals surface area contributed by atoms with E-state index < -0.39 is 14.9 Å². The van der Waals surface area contributed by atoms with Crippen LogP contribution in [-0.4, -0.2) is 13.3 Å². The number of anilines is 2. The molecule has 0 heterocycles. The number of nitrogens with one attached hydrogen (secondary N) is 1. The predicted octanol–water partition coefficient (Wildman–Crippen LogP) is 2.29. The van der Waals surface area contributed by atoms with Crippen LogP contribution in [0.3, 0.4) is 0 Å². The molecule has 0 fully saturated rings. The van der Waals surface area contributed by atoms with Crippen LogP contribution in [0.5, 0.6) is 0 Å². The third kappa shape index (κ3) is 3.56. The molecule has 3 N–H and O–H groups in total. The molecule has 2 aromatic carbocycles. The van der Waals surface area contributed by atoms with Crippen LogP contribution in [0.2, 0.25) is 0 Å². The van der Waals surface area contributed by atoms with Gasteiger partial charge in [0.25, 0.3) is 5.69 Å². The van der Waals surface area contributed by atoms with E-state index in [1.807, 2.05) is 19.1 Å². The average Bonchev–Trinajstić information content (AvgIpc) is 2.40. The lowest BCUT2D eigenvalue weighted by molar-refractivity contribution is -0.384. The van der Waals surface area contributed by atoms with Crippen LogP contribution in [0.1, 0.15) is 5.56 Å². The number of hydrogen-bond acceptors (Lipinski definition) is 5. The second-order valence-electron chi connectivity index (χ2n) is 4.47. The summed E-state index contributed by atoms with van der Waals surface area (Å²) in [6.07, 6.45) is 0. The van der Waals surface area contributed by atoms with E-state index >= 15 is 0 Å². The van der Waals surface area contributed by atoms with E-state index in [9.17, 15) is 18.5 Å². The van der Waals surface area contributed by atoms with E-state index in [4.69, 9.17) is 5.14 Å². The summed E-state index contributed by atoms with van der Waals surface area (Å²) >= 11 is 0. The van der Waals surface area contributed by atoms with Crippen LogP contribution < -0.4 is 10.5 Å². The van der Waals surface area contributed by atoms with Gasteiger partial charge in [0.1, 0.15) is 5.69 Å². The van der Waals surface area contributed by atoms with Gasteiger partial charge in [0.2, 0.25) is 10.0 Å². The summed E-state index contributed by atoms with van der Waals surface area (Å²) in [5.74, 6) is 0. The van der Waals surface area contributed by atoms with Gasteiger partial charge in [0.05, 0.1) is 9.82 Å². The van der Waals surface area contributed by atoms with Gasteiger partial charge in [-0.15, -0.1) is 0 Å². The van der Waals surface area contributed by atoms with Crippen molar-refractivity contribution in [2.24, 2.45) is 5.14 Å². The van der Waals surface area contributed by atoms with Crippen LogP contribution in [0.4, 0.5) is 17.1 Å². The van der Waals surface area contributed by atoms with Crippen molar-refractivity contribution in [2.75, 3.05) is 5.32 Å². The Morgan fingerprint density at radius 3 is 2.29 bits per heavy atom. The first-order valence-electron chi connectivity index (χ1n) is 5.92. The summed E-state index contributed by atoms with van der Waals surface area (Å²) in [4.78, 5) is 10.1. The molecule has 0 saturated carbocycles. The highest BCUT2D eigenvalue weighted by Crippen LogP contribution is 2.29. The molecule has 0 radical (unpaired) electrons. The molecular weight excluding hydrogens is 294 g/mol. The van der Waals surface area contributed by atoms with E-state index in [0.29, 0.717) is 5.69 Å². The topological polar surface area (TPSA) is 115 Å². The van der Waals surface area contributed by atoms with Crippen molar-refractivity contribution in [3.05, 3.63) is 58.1 Å². The number of aryl methyl sites for hydroxylation is 1. The summed E-state index contributed by atoms with van der Waals surface area (Å²) in [6.45, 7) is 1.92. The maximum atomic E-state index is 11.2. The number of nitro benzene ring substituents is 1. The molecule has 7 nitrogen and oxygen atoms in total. The first kappa shape index (κ1) is 14.9. The molecule has 0 amide bonds. The zero-order chi connectivity index (χ0) is 15.6. The molecule has 8 heteroatoms. The maximum Gasteiger partial charge on any atom is 0.294 e. The number of nitro groups is 1. The summed E-state index contributed by atoms with van der Waals surface area (Å²) < 4.78 is 22.5. The van der Waals surface area contributed by atoms with Crippen molar-refractivity contribution in [2.45, 2.75) is 11.8 Å². The van der Waals surface area contributed by atoms with E-state index in [-0.39, 0.29) is 16.3 Å². The van der Waals surface area contributed by atoms with Gasteiger partial charge in [0.15, 0.2) is 0 Å². The van der Waals surface area contributed by atoms with Crippen LogP contribution in [0, 0.1) is 17.0 Å². The van der Waals surface area contributed by atoms with Gasteiger partial charge in [-0.05, 0) is 31.2 Å². The number of primary sulfonamides is 1. The van der Waals surface area contributed by atoms with E-state index in [0.717, 1.165) is 11.6 Å². The molecule has 0 aliphatic heterocycles. The Morgan fingerprint density at radius 1 is 1.14 bits per heavy atom. The number of nitrogens with two attached hydrogens (primary N) is 1. The smallest absolute Gasteiger partial charge is 0.294 e. The van der Waals surface area contributed by atoms with Crippen molar-refractivity contribution in [1.29, 1.82) is 0 Å². The number of nitrogens with zero attached hydrogens (tertiary/aromatic N) is 1. The maximum absolute atomic E-state index is 11.2. The summed E-state index contributed by atoms with van der Waals surface area (Å²) in [5, 5.41) is 18.9. The van der Waals surface area contributed by atoms with Gasteiger partial charge < -0.3 is 5.32 Å². The minimum atomic E-state index is -3.99. The van der Waals surface area contributed by atoms with Gasteiger partial charge >= 0.3 is 0 Å². The summed E-state index contributed by atoms with van der Waals surface area (Å²) in [7, 11) is -3.99. The Morgan fingerprint density at radius 2 is 1.76 bits per heavy atom. The van der Waals surface area contributed by atoms with Gasteiger partial charge in [-0.25, -0.2) is 13.6 Å². The van der Waals surface area contributed by atoms with Gasteiger partial charge in [-0.3, -0.25) is 10.1 Å². The highest BCUT2D eigenvalue weighted by Gasteiger charge is 2.19. The van der Waals surface area contributed by atoms with Crippen LogP contribution in [0.15, 0.2) is 47.4 Å². The van der Waals surface area contributed by atoms with Crippen LogP contribution >= 0.6 is 0 Å². The fourth-order valence-electron chi connectivity index (χ4n) is 1.74. The SMILES string of the molecule is Cc1ccc(Nc2ccc(S(N)(=O)=O)cc2[N+](=O)[O-])cc1. The standard InChI is InChI=1S/C13H13N3O4S/c1-9-2-4-10(5-3-9)15-12-7-6-11(21(14,19)20)8-13(12)16(17)18/h2-8,15H,1H3,(H2,14,19,20). The minimum absolute atomic E-state index is 0.191. The molecule has 0 aliphatic carbocycles. The quantitative estimate of drug-likeness (QED) is 0.664. The second kappa shape index (κ2) is 5.51. The molecule has 0 aromatic heterocycles. The van der Waals surface area contributed by atoms with E-state index in [1.54, 1.807) is 12.1 Å². The van der Waals surface area contributed by atoms with Crippen molar-refractivity contribution in [3.63, 3.8) is 0 Å². The fraction of sp³-hybridized carbons (Fsp3) is 0.0769. The second-order valence-corrected chi connectivity index (χ2v) is 6.03. The van der Waals surface area contributed by atoms with Crippen molar-refractivity contribution in [3.8, 4) is 0 Å². The minimum Gasteiger partial charge on any atom is -0.350 e. The summed E-state index contributed by atoms with van der Waals surface area (Å²) in [6, 6.07) is 10.7. The highest BCUT2D eigenvalue weighted by atomic mass is 32.2. The molecule has 2 aromatic rings. The lowest BCUT2D eigenvalue weighted by Gasteiger charge is -2.08. The zero-order valence-corrected chi connectivity index (χ0v) is 11.9. The van der Waals surface area contributed by atoms with Gasteiger partial charge in [-0.2, -0.15) is 0 Å². The molecule has 0 unspecified atom stereocenters. The first-order chi connectivity index (χ1) is 9.77. The predicted molar refractivity (Wildman–Crippen MR) is 78.9 cm³/mol. The Labute approximate surface area is 121 Å². The third-order valence-electron chi connectivity index (χ3n) is 2.82. The Hall–Kier alpha value is -2.45. The van der Waals surface area contributed by atoms with Crippen molar-refractivity contribution >= 4 is 27.1 Å². The molecule has 0 bridgehead atoms. The van der Waals surface area contributed by atoms with Crippen LogP contribution in [-0.2, 0) is 10.0 Å². The van der Waals surface area contributed by atoms with Crippen molar-refractivity contribution in [1.82, 2.24) is 0 Å². The Bertz CT molecular complexity index is 786. The van der Waals surface area contributed by atoms with Crippen LogP contribution in [0.25, 0.3) is 0 Å². The Balaban J connectivity index is 2.44. The third-order valence-corrected chi connectivity index (χ3v) is 3.74. The molecule has 21 heavy (non-hydrogen) atoms. The van der Waals surface area contributed by atoms with Gasteiger partial charge in [0, 0.05) is 11.8 Å². The first-order valence-corrected chi connectivity index (χ1v) is 7.47. The number of benzene rings is 2. The average molecular weight is 307 g/mol. The lowest BCUT2D eigenvalue weighted by Crippen LogP contribution is -2.12. The van der Waals surface area contributed by atoms with Crippen molar-refractivity contribution < 1.29 is 13.3 Å². The molecule has 0 spiro atoms. The number of sulfonamides is 1. The molecule has 0 saturated heterocycles. The number of rotatable bonds is 4. The Kier molecular flexibility index (Phi) is 3.92. The summed E-state index contributed by atoms with van der Waals surface area (Å²) in [5.41, 5.74) is 1.55. The van der Waals surface area contributed by atoms with Gasteiger partial charge in [-0.1, -0.05) is 17.7 Å². The highest BCUT2D eigenvalue weighted by molar-refractivity contribution is 7.89. The molecule has 110 valence electrons. The lowest BCUT2D eigenvalue weighted by atomic mass is 10.2. The largest absolute Gasteiger partial charge is 0.350 e. The molecule has 2 rings (SSSR count).